The summed E-state index contributed by atoms with van der Waals surface area (Å²) in [5, 5.41) is 8.69. The van der Waals surface area contributed by atoms with E-state index in [9.17, 15) is 19.2 Å². The number of rotatable bonds is 11. The molecule has 5 rings (SSSR count). The van der Waals surface area contributed by atoms with Gasteiger partial charge in [0.25, 0.3) is 0 Å². The summed E-state index contributed by atoms with van der Waals surface area (Å²) >= 11 is 0. The van der Waals surface area contributed by atoms with Crippen LogP contribution >= 0.6 is 0 Å². The topological polar surface area (TPSA) is 148 Å². The zero-order chi connectivity index (χ0) is 33.9. The van der Waals surface area contributed by atoms with E-state index in [2.05, 4.69) is 0 Å². The molecule has 0 radical (unpaired) electrons. The van der Waals surface area contributed by atoms with Crippen molar-refractivity contribution >= 4 is 29.8 Å². The molecule has 1 N–H and O–H groups in total. The molecular formula is C37H33NO10. The van der Waals surface area contributed by atoms with Gasteiger partial charge in [0, 0.05) is 0 Å². The van der Waals surface area contributed by atoms with Gasteiger partial charge in [-0.05, 0) is 55.5 Å². The van der Waals surface area contributed by atoms with Crippen LogP contribution in [-0.4, -0.2) is 73.5 Å². The largest absolute Gasteiger partial charge is 0.479 e. The average molecular weight is 652 g/mol. The Labute approximate surface area is 276 Å². The highest BCUT2D eigenvalue weighted by molar-refractivity contribution is 5.92. The van der Waals surface area contributed by atoms with Gasteiger partial charge in [0.15, 0.2) is 24.4 Å². The molecule has 1 aliphatic heterocycles. The molecule has 0 saturated carbocycles. The van der Waals surface area contributed by atoms with E-state index < -0.39 is 66.9 Å². The maximum atomic E-state index is 13.6. The summed E-state index contributed by atoms with van der Waals surface area (Å²) < 4.78 is 35.1. The summed E-state index contributed by atoms with van der Waals surface area (Å²) in [5.41, 5.74) is 0.761. The summed E-state index contributed by atoms with van der Waals surface area (Å²) in [6, 6.07) is 32.4. The number of ether oxygens (including phenoxy) is 6. The molecule has 0 bridgehead atoms. The van der Waals surface area contributed by atoms with Crippen LogP contribution in [-0.2, 0) is 28.4 Å². The molecule has 0 spiro atoms. The second-order valence-corrected chi connectivity index (χ2v) is 10.6. The lowest BCUT2D eigenvalue weighted by Crippen LogP contribution is -2.64. The number of benzene rings is 4. The molecule has 0 unspecified atom stereocenters. The van der Waals surface area contributed by atoms with Gasteiger partial charge in [-0.2, -0.15) is 0 Å². The predicted molar refractivity (Wildman–Crippen MR) is 172 cm³/mol. The van der Waals surface area contributed by atoms with Gasteiger partial charge in [-0.25, -0.2) is 19.2 Å². The van der Waals surface area contributed by atoms with Crippen LogP contribution in [0.5, 0.6) is 0 Å². The molecule has 11 heteroatoms. The Balaban J connectivity index is 1.56. The molecule has 5 atom stereocenters. The lowest BCUT2D eigenvalue weighted by molar-refractivity contribution is -0.215. The predicted octanol–water partition coefficient (Wildman–Crippen LogP) is 5.30. The SMILES string of the molecule is CCOC(=N)[C@@H]1O[C@H](COC(=O)c2ccccc2)[C@@H](OC(=O)c2ccccc2)[C@H](OC(=O)c2ccccc2)[C@H]1OC(=O)c1ccccc1. The average Bonchev–Trinajstić information content (AvgIpc) is 3.13. The molecule has 1 aliphatic rings. The standard InChI is InChI=1S/C37H33NO10/c1-2-43-33(38)32-31(48-37(42)27-21-13-6-14-22-27)30(47-36(41)26-19-11-5-12-20-26)29(46-35(40)25-17-9-4-10-18-25)28(45-32)23-44-34(39)24-15-7-3-8-16-24/h3-22,28-32,38H,2,23H2,1H3/t28-,29-,30+,31-,32-/m1/s1. The van der Waals surface area contributed by atoms with Gasteiger partial charge in [0.05, 0.1) is 28.9 Å². The summed E-state index contributed by atoms with van der Waals surface area (Å²) in [6.07, 6.45) is -7.36. The molecule has 0 amide bonds. The molecule has 48 heavy (non-hydrogen) atoms. The Morgan fingerprint density at radius 3 is 1.33 bits per heavy atom. The minimum atomic E-state index is -1.56. The van der Waals surface area contributed by atoms with Crippen molar-refractivity contribution in [2.45, 2.75) is 37.4 Å². The quantitative estimate of drug-likeness (QED) is 0.0980. The maximum absolute atomic E-state index is 13.6. The third kappa shape index (κ3) is 8.31. The van der Waals surface area contributed by atoms with E-state index in [1.165, 1.54) is 36.4 Å². The number of hydrogen-bond donors (Lipinski definition) is 1. The first-order valence-corrected chi connectivity index (χ1v) is 15.2. The zero-order valence-electron chi connectivity index (χ0n) is 25.9. The fourth-order valence-electron chi connectivity index (χ4n) is 5.02. The van der Waals surface area contributed by atoms with Crippen molar-refractivity contribution in [1.82, 2.24) is 0 Å². The summed E-state index contributed by atoms with van der Waals surface area (Å²) in [4.78, 5) is 53.4. The minimum Gasteiger partial charge on any atom is -0.479 e. The van der Waals surface area contributed by atoms with E-state index in [0.29, 0.717) is 0 Å². The van der Waals surface area contributed by atoms with Crippen molar-refractivity contribution < 1.29 is 47.6 Å². The van der Waals surface area contributed by atoms with Gasteiger partial charge in [-0.15, -0.1) is 0 Å². The lowest BCUT2D eigenvalue weighted by atomic mass is 9.93. The fraction of sp³-hybridized carbons (Fsp3) is 0.216. The van der Waals surface area contributed by atoms with Crippen molar-refractivity contribution in [1.29, 1.82) is 5.41 Å². The highest BCUT2D eigenvalue weighted by atomic mass is 16.7. The number of hydrogen-bond acceptors (Lipinski definition) is 11. The van der Waals surface area contributed by atoms with E-state index in [-0.39, 0.29) is 28.9 Å². The van der Waals surface area contributed by atoms with E-state index in [1.807, 2.05) is 0 Å². The van der Waals surface area contributed by atoms with Crippen molar-refractivity contribution in [3.05, 3.63) is 144 Å². The van der Waals surface area contributed by atoms with E-state index in [4.69, 9.17) is 33.8 Å². The number of carbonyl (C=O) groups excluding carboxylic acids is 4. The summed E-state index contributed by atoms with van der Waals surface area (Å²) in [7, 11) is 0. The molecule has 0 aromatic heterocycles. The monoisotopic (exact) mass is 651 g/mol. The molecule has 11 nitrogen and oxygen atoms in total. The van der Waals surface area contributed by atoms with Crippen molar-refractivity contribution in [2.24, 2.45) is 0 Å². The Kier molecular flexibility index (Phi) is 11.3. The second-order valence-electron chi connectivity index (χ2n) is 10.6. The Morgan fingerprint density at radius 1 is 0.542 bits per heavy atom. The maximum Gasteiger partial charge on any atom is 0.338 e. The number of carbonyl (C=O) groups is 4. The van der Waals surface area contributed by atoms with E-state index >= 15 is 0 Å². The highest BCUT2D eigenvalue weighted by Crippen LogP contribution is 2.32. The van der Waals surface area contributed by atoms with Crippen LogP contribution in [0.15, 0.2) is 121 Å². The summed E-state index contributed by atoms with van der Waals surface area (Å²) in [5.74, 6) is -3.60. The first kappa shape index (κ1) is 33.6. The van der Waals surface area contributed by atoms with Crippen molar-refractivity contribution in [3.8, 4) is 0 Å². The van der Waals surface area contributed by atoms with Crippen LogP contribution in [0.2, 0.25) is 0 Å². The first-order valence-electron chi connectivity index (χ1n) is 15.2. The second kappa shape index (κ2) is 16.1. The van der Waals surface area contributed by atoms with E-state index in [1.54, 1.807) is 91.9 Å². The Hall–Kier alpha value is -5.81. The number of nitrogens with one attached hydrogen (secondary N) is 1. The molecular weight excluding hydrogens is 618 g/mol. The first-order chi connectivity index (χ1) is 23.4. The lowest BCUT2D eigenvalue weighted by Gasteiger charge is -2.44. The van der Waals surface area contributed by atoms with Gasteiger partial charge in [0.1, 0.15) is 12.7 Å². The molecule has 1 saturated heterocycles. The van der Waals surface area contributed by atoms with Gasteiger partial charge >= 0.3 is 23.9 Å². The van der Waals surface area contributed by atoms with Crippen LogP contribution in [0.3, 0.4) is 0 Å². The van der Waals surface area contributed by atoms with Crippen LogP contribution in [0.1, 0.15) is 48.4 Å². The highest BCUT2D eigenvalue weighted by Gasteiger charge is 2.54. The normalized spacial score (nSPS) is 20.1. The molecule has 246 valence electrons. The molecule has 1 fully saturated rings. The van der Waals surface area contributed by atoms with Crippen molar-refractivity contribution in [2.75, 3.05) is 13.2 Å². The third-order valence-corrected chi connectivity index (χ3v) is 7.34. The molecule has 4 aromatic carbocycles. The fourth-order valence-corrected chi connectivity index (χ4v) is 5.02. The van der Waals surface area contributed by atoms with Gasteiger partial charge in [-0.3, -0.25) is 5.41 Å². The molecule has 0 aliphatic carbocycles. The number of esters is 4. The third-order valence-electron chi connectivity index (χ3n) is 7.34. The van der Waals surface area contributed by atoms with Crippen LogP contribution in [0, 0.1) is 5.41 Å². The van der Waals surface area contributed by atoms with E-state index in [0.717, 1.165) is 0 Å². The van der Waals surface area contributed by atoms with Crippen LogP contribution in [0.25, 0.3) is 0 Å². The molecule has 1 heterocycles. The molecule has 4 aromatic rings. The van der Waals surface area contributed by atoms with Gasteiger partial charge in [-0.1, -0.05) is 72.8 Å². The Bertz CT molecular complexity index is 1700. The van der Waals surface area contributed by atoms with Crippen LogP contribution < -0.4 is 0 Å². The smallest absolute Gasteiger partial charge is 0.338 e. The van der Waals surface area contributed by atoms with Gasteiger partial charge < -0.3 is 28.4 Å². The summed E-state index contributed by atoms with van der Waals surface area (Å²) in [6.45, 7) is 1.22. The van der Waals surface area contributed by atoms with Gasteiger partial charge in [0.2, 0.25) is 5.90 Å². The zero-order valence-corrected chi connectivity index (χ0v) is 25.9. The van der Waals surface area contributed by atoms with Crippen LogP contribution in [0.4, 0.5) is 0 Å². The minimum absolute atomic E-state index is 0.0621. The Morgan fingerprint density at radius 2 is 0.917 bits per heavy atom. The van der Waals surface area contributed by atoms with Crippen molar-refractivity contribution in [3.63, 3.8) is 0 Å².